The molecule has 2 aromatic rings. The summed E-state index contributed by atoms with van der Waals surface area (Å²) in [6.07, 6.45) is 0. The van der Waals surface area contributed by atoms with Crippen LogP contribution in [0.4, 0.5) is 10.1 Å². The number of hydrogen-bond acceptors (Lipinski definition) is 2. The smallest absolute Gasteiger partial charge is 0.123 e. The van der Waals surface area contributed by atoms with Gasteiger partial charge in [0.1, 0.15) is 5.82 Å². The second kappa shape index (κ2) is 4.91. The number of thioether (sulfide) groups is 1. The highest BCUT2D eigenvalue weighted by molar-refractivity contribution is 8.20. The van der Waals surface area contributed by atoms with Gasteiger partial charge in [0, 0.05) is 4.91 Å². The van der Waals surface area contributed by atoms with Crippen LogP contribution in [0.5, 0.6) is 0 Å². The van der Waals surface area contributed by atoms with Crippen molar-refractivity contribution in [3.8, 4) is 0 Å². The molecule has 1 aliphatic rings. The predicted octanol–water partition coefficient (Wildman–Crippen LogP) is 5.07. The fourth-order valence-electron chi connectivity index (χ4n) is 2.22. The monoisotopic (exact) mass is 283 g/mol. The first kappa shape index (κ1) is 13.1. The van der Waals surface area contributed by atoms with Gasteiger partial charge in [-0.05, 0) is 36.8 Å². The molecule has 3 heteroatoms. The Morgan fingerprint density at radius 2 is 1.70 bits per heavy atom. The normalized spacial score (nSPS) is 23.7. The number of benzene rings is 2. The maximum absolute atomic E-state index is 13.1. The van der Waals surface area contributed by atoms with Crippen LogP contribution in [0.15, 0.2) is 71.1 Å². The minimum Gasteiger partial charge on any atom is -0.245 e. The van der Waals surface area contributed by atoms with Gasteiger partial charge in [0.2, 0.25) is 0 Å². The van der Waals surface area contributed by atoms with E-state index in [4.69, 9.17) is 4.99 Å². The van der Waals surface area contributed by atoms with E-state index in [2.05, 4.69) is 13.5 Å². The van der Waals surface area contributed by atoms with Crippen molar-refractivity contribution in [2.45, 2.75) is 12.3 Å². The molecule has 1 atom stereocenters. The van der Waals surface area contributed by atoms with Gasteiger partial charge in [-0.1, -0.05) is 48.7 Å². The molecule has 0 amide bonds. The fourth-order valence-corrected chi connectivity index (χ4v) is 3.31. The third-order valence-corrected chi connectivity index (χ3v) is 4.96. The minimum atomic E-state index is -0.311. The van der Waals surface area contributed by atoms with E-state index >= 15 is 0 Å². The van der Waals surface area contributed by atoms with Crippen LogP contribution >= 0.6 is 11.8 Å². The number of aliphatic imine (C=N–C) groups is 1. The number of rotatable bonds is 2. The average molecular weight is 283 g/mol. The van der Waals surface area contributed by atoms with Crippen molar-refractivity contribution in [3.05, 3.63) is 77.5 Å². The van der Waals surface area contributed by atoms with Crippen LogP contribution in [0.3, 0.4) is 0 Å². The fraction of sp³-hybridized carbons (Fsp3) is 0.118. The van der Waals surface area contributed by atoms with Crippen LogP contribution in [0.2, 0.25) is 0 Å². The first-order valence-electron chi connectivity index (χ1n) is 6.38. The molecule has 0 saturated carbocycles. The minimum absolute atomic E-state index is 0.225. The predicted molar refractivity (Wildman–Crippen MR) is 84.0 cm³/mol. The van der Waals surface area contributed by atoms with Crippen LogP contribution in [-0.4, -0.2) is 5.04 Å². The van der Waals surface area contributed by atoms with E-state index in [9.17, 15) is 4.39 Å². The number of allylic oxidation sites excluding steroid dienone is 1. The van der Waals surface area contributed by atoms with E-state index < -0.39 is 0 Å². The lowest BCUT2D eigenvalue weighted by molar-refractivity contribution is 0.625. The molecular weight excluding hydrogens is 269 g/mol. The zero-order valence-corrected chi connectivity index (χ0v) is 12.0. The second-order valence-electron chi connectivity index (χ2n) is 4.91. The molecule has 1 unspecified atom stereocenters. The summed E-state index contributed by atoms with van der Waals surface area (Å²) in [5.41, 5.74) is 1.64. The van der Waals surface area contributed by atoms with Gasteiger partial charge in [0.05, 0.1) is 16.1 Å². The molecule has 1 aliphatic heterocycles. The molecule has 1 nitrogen and oxygen atoms in total. The van der Waals surface area contributed by atoms with Gasteiger partial charge in [-0.2, -0.15) is 0 Å². The largest absolute Gasteiger partial charge is 0.245 e. The van der Waals surface area contributed by atoms with Crippen LogP contribution in [0, 0.1) is 5.82 Å². The second-order valence-corrected chi connectivity index (χ2v) is 5.99. The van der Waals surface area contributed by atoms with Crippen molar-refractivity contribution in [3.63, 3.8) is 0 Å². The maximum Gasteiger partial charge on any atom is 0.123 e. The van der Waals surface area contributed by atoms with Gasteiger partial charge in [0.25, 0.3) is 0 Å². The van der Waals surface area contributed by atoms with E-state index in [0.717, 1.165) is 21.2 Å². The molecule has 1 saturated heterocycles. The lowest BCUT2D eigenvalue weighted by Crippen LogP contribution is -2.40. The van der Waals surface area contributed by atoms with Crippen molar-refractivity contribution in [2.75, 3.05) is 0 Å². The van der Waals surface area contributed by atoms with Crippen LogP contribution in [0.1, 0.15) is 12.5 Å². The Kier molecular flexibility index (Phi) is 3.22. The molecule has 1 heterocycles. The highest BCUT2D eigenvalue weighted by Gasteiger charge is 2.46. The first-order chi connectivity index (χ1) is 9.60. The summed E-state index contributed by atoms with van der Waals surface area (Å²) < 4.78 is 13.1. The Hall–Kier alpha value is -1.87. The van der Waals surface area contributed by atoms with Gasteiger partial charge in [-0.15, -0.1) is 0 Å². The Balaban J connectivity index is 2.00. The quantitative estimate of drug-likeness (QED) is 0.749. The molecule has 2 aromatic carbocycles. The van der Waals surface area contributed by atoms with E-state index in [-0.39, 0.29) is 11.2 Å². The topological polar surface area (TPSA) is 12.4 Å². The zero-order chi connectivity index (χ0) is 14.2. The lowest BCUT2D eigenvalue weighted by atomic mass is 9.82. The van der Waals surface area contributed by atoms with Gasteiger partial charge < -0.3 is 0 Å². The molecule has 0 radical (unpaired) electrons. The Bertz CT molecular complexity index is 676. The molecule has 3 rings (SSSR count). The summed E-state index contributed by atoms with van der Waals surface area (Å²) in [5, 5.41) is 1.00. The summed E-state index contributed by atoms with van der Waals surface area (Å²) in [7, 11) is 0. The maximum atomic E-state index is 13.1. The summed E-state index contributed by atoms with van der Waals surface area (Å²) in [6, 6.07) is 16.4. The molecule has 0 aromatic heterocycles. The van der Waals surface area contributed by atoms with Crippen LogP contribution in [0.25, 0.3) is 0 Å². The Morgan fingerprint density at radius 3 is 2.30 bits per heavy atom. The van der Waals surface area contributed by atoms with E-state index in [0.29, 0.717) is 0 Å². The summed E-state index contributed by atoms with van der Waals surface area (Å²) >= 11 is 1.59. The summed E-state index contributed by atoms with van der Waals surface area (Å²) in [6.45, 7) is 6.18. The molecule has 0 spiro atoms. The van der Waals surface area contributed by atoms with E-state index in [1.165, 1.54) is 12.1 Å². The first-order valence-corrected chi connectivity index (χ1v) is 7.20. The molecule has 0 aliphatic carbocycles. The molecule has 100 valence electrons. The van der Waals surface area contributed by atoms with Crippen molar-refractivity contribution >= 4 is 22.5 Å². The molecule has 20 heavy (non-hydrogen) atoms. The van der Waals surface area contributed by atoms with Crippen molar-refractivity contribution < 1.29 is 4.39 Å². The lowest BCUT2D eigenvalue weighted by Gasteiger charge is -2.42. The third kappa shape index (κ3) is 2.08. The van der Waals surface area contributed by atoms with Gasteiger partial charge in [0.15, 0.2) is 0 Å². The summed E-state index contributed by atoms with van der Waals surface area (Å²) in [5.74, 6) is -0.225. The van der Waals surface area contributed by atoms with Crippen molar-refractivity contribution in [1.29, 1.82) is 0 Å². The molecule has 0 bridgehead atoms. The SMILES string of the molecule is C=C1SC(=Nc2ccccc2)C1(C)c1ccc(F)cc1. The number of para-hydroxylation sites is 1. The highest BCUT2D eigenvalue weighted by Crippen LogP contribution is 2.53. The molecule has 1 fully saturated rings. The average Bonchev–Trinajstić information content (AvgIpc) is 2.48. The number of hydrogen-bond donors (Lipinski definition) is 0. The Labute approximate surface area is 122 Å². The standard InChI is InChI=1S/C17H14FNS/c1-12-17(2,13-8-10-14(18)11-9-13)16(20-12)19-15-6-4-3-5-7-15/h3-11H,1H2,2H3. The highest BCUT2D eigenvalue weighted by atomic mass is 32.2. The van der Waals surface area contributed by atoms with Crippen LogP contribution in [-0.2, 0) is 5.41 Å². The van der Waals surface area contributed by atoms with Gasteiger partial charge >= 0.3 is 0 Å². The van der Waals surface area contributed by atoms with Crippen molar-refractivity contribution in [1.82, 2.24) is 0 Å². The number of nitrogens with zero attached hydrogens (tertiary/aromatic N) is 1. The third-order valence-electron chi connectivity index (χ3n) is 3.61. The van der Waals surface area contributed by atoms with Crippen LogP contribution < -0.4 is 0 Å². The summed E-state index contributed by atoms with van der Waals surface area (Å²) in [4.78, 5) is 5.73. The Morgan fingerprint density at radius 1 is 1.05 bits per heavy atom. The molecule has 0 N–H and O–H groups in total. The van der Waals surface area contributed by atoms with E-state index in [1.54, 1.807) is 23.9 Å². The molecular formula is C17H14FNS. The number of halogens is 1. The van der Waals surface area contributed by atoms with Crippen molar-refractivity contribution in [2.24, 2.45) is 4.99 Å². The van der Waals surface area contributed by atoms with Gasteiger partial charge in [-0.3, -0.25) is 0 Å². The zero-order valence-electron chi connectivity index (χ0n) is 11.1. The van der Waals surface area contributed by atoms with E-state index in [1.807, 2.05) is 30.3 Å². The van der Waals surface area contributed by atoms with Gasteiger partial charge in [-0.25, -0.2) is 9.38 Å².